The van der Waals surface area contributed by atoms with Crippen molar-refractivity contribution in [2.24, 2.45) is 0 Å². The molecule has 0 bridgehead atoms. The molecule has 1 atom stereocenters. The van der Waals surface area contributed by atoms with Crippen LogP contribution in [0.3, 0.4) is 0 Å². The molecule has 0 radical (unpaired) electrons. The number of hydrogen-bond donors (Lipinski definition) is 2. The average molecular weight is 236 g/mol. The standard InChI is InChI=1S/C12H16N2O3/c1-8-4-5-10(11(16)13-8)12(17)14-6-2-3-9(14)7-15/h4-5,9,15H,2-3,6-7H2,1H3,(H,13,16)/t9-/m1/s1. The third kappa shape index (κ3) is 2.24. The van der Waals surface area contributed by atoms with Crippen LogP contribution in [0.25, 0.3) is 0 Å². The van der Waals surface area contributed by atoms with Gasteiger partial charge in [-0.3, -0.25) is 9.59 Å². The van der Waals surface area contributed by atoms with Crippen molar-refractivity contribution in [3.63, 3.8) is 0 Å². The van der Waals surface area contributed by atoms with Crippen molar-refractivity contribution < 1.29 is 9.90 Å². The summed E-state index contributed by atoms with van der Waals surface area (Å²) in [6.45, 7) is 2.33. The molecule has 1 aromatic heterocycles. The van der Waals surface area contributed by atoms with Crippen LogP contribution in [0.2, 0.25) is 0 Å². The van der Waals surface area contributed by atoms with E-state index < -0.39 is 0 Å². The second kappa shape index (κ2) is 4.71. The fraction of sp³-hybridized carbons (Fsp3) is 0.500. The number of carbonyl (C=O) groups excluding carboxylic acids is 1. The maximum atomic E-state index is 12.1. The van der Waals surface area contributed by atoms with Gasteiger partial charge < -0.3 is 15.0 Å². The predicted octanol–water partition coefficient (Wildman–Crippen LogP) is 0.280. The van der Waals surface area contributed by atoms with Gasteiger partial charge in [-0.25, -0.2) is 0 Å². The summed E-state index contributed by atoms with van der Waals surface area (Å²) in [6.07, 6.45) is 1.67. The van der Waals surface area contributed by atoms with E-state index in [4.69, 9.17) is 5.11 Å². The number of aryl methyl sites for hydroxylation is 1. The molecular formula is C12H16N2O3. The van der Waals surface area contributed by atoms with Crippen molar-refractivity contribution in [1.29, 1.82) is 0 Å². The summed E-state index contributed by atoms with van der Waals surface area (Å²) in [4.78, 5) is 28.0. The number of likely N-dealkylation sites (tertiary alicyclic amines) is 1. The summed E-state index contributed by atoms with van der Waals surface area (Å²) >= 11 is 0. The van der Waals surface area contributed by atoms with Crippen LogP contribution in [0.4, 0.5) is 0 Å². The summed E-state index contributed by atoms with van der Waals surface area (Å²) in [5.41, 5.74) is 0.515. The molecule has 5 heteroatoms. The topological polar surface area (TPSA) is 73.4 Å². The number of rotatable bonds is 2. The molecule has 0 saturated carbocycles. The lowest BCUT2D eigenvalue weighted by atomic mass is 10.2. The van der Waals surface area contributed by atoms with Gasteiger partial charge in [-0.2, -0.15) is 0 Å². The molecule has 92 valence electrons. The van der Waals surface area contributed by atoms with Crippen molar-refractivity contribution in [2.45, 2.75) is 25.8 Å². The number of carbonyl (C=O) groups is 1. The number of aliphatic hydroxyl groups is 1. The minimum Gasteiger partial charge on any atom is -0.394 e. The molecule has 0 aromatic carbocycles. The zero-order valence-electron chi connectivity index (χ0n) is 9.77. The number of pyridine rings is 1. The first-order chi connectivity index (χ1) is 8.13. The van der Waals surface area contributed by atoms with E-state index in [0.29, 0.717) is 6.54 Å². The van der Waals surface area contributed by atoms with Gasteiger partial charge in [0.25, 0.3) is 11.5 Å². The molecule has 1 aliphatic rings. The van der Waals surface area contributed by atoms with Crippen LogP contribution < -0.4 is 5.56 Å². The van der Waals surface area contributed by atoms with Crippen LogP contribution in [-0.2, 0) is 0 Å². The molecule has 17 heavy (non-hydrogen) atoms. The lowest BCUT2D eigenvalue weighted by molar-refractivity contribution is 0.0676. The van der Waals surface area contributed by atoms with Gasteiger partial charge in [-0.1, -0.05) is 0 Å². The van der Waals surface area contributed by atoms with Gasteiger partial charge in [0.05, 0.1) is 12.6 Å². The highest BCUT2D eigenvalue weighted by Crippen LogP contribution is 2.18. The fourth-order valence-corrected chi connectivity index (χ4v) is 2.19. The molecule has 1 fully saturated rings. The first-order valence-corrected chi connectivity index (χ1v) is 5.75. The van der Waals surface area contributed by atoms with Gasteiger partial charge in [0, 0.05) is 12.2 Å². The molecular weight excluding hydrogens is 220 g/mol. The molecule has 2 rings (SSSR count). The average Bonchev–Trinajstić information content (AvgIpc) is 2.76. The summed E-state index contributed by atoms with van der Waals surface area (Å²) in [5.74, 6) is -0.289. The van der Waals surface area contributed by atoms with E-state index in [1.807, 2.05) is 0 Å². The van der Waals surface area contributed by atoms with E-state index in [1.54, 1.807) is 24.0 Å². The molecule has 5 nitrogen and oxygen atoms in total. The van der Waals surface area contributed by atoms with Crippen LogP contribution >= 0.6 is 0 Å². The van der Waals surface area contributed by atoms with E-state index >= 15 is 0 Å². The zero-order valence-corrected chi connectivity index (χ0v) is 9.77. The Balaban J connectivity index is 2.28. The quantitative estimate of drug-likeness (QED) is 0.774. The molecule has 1 amide bonds. The number of nitrogens with zero attached hydrogens (tertiary/aromatic N) is 1. The van der Waals surface area contributed by atoms with Crippen molar-refractivity contribution in [2.75, 3.05) is 13.2 Å². The van der Waals surface area contributed by atoms with Crippen molar-refractivity contribution in [3.8, 4) is 0 Å². The van der Waals surface area contributed by atoms with Gasteiger partial charge in [0.2, 0.25) is 0 Å². The highest BCUT2D eigenvalue weighted by atomic mass is 16.3. The Morgan fingerprint density at radius 1 is 1.59 bits per heavy atom. The Labute approximate surface area is 99.1 Å². The normalized spacial score (nSPS) is 19.6. The monoisotopic (exact) mass is 236 g/mol. The number of hydrogen-bond acceptors (Lipinski definition) is 3. The van der Waals surface area contributed by atoms with Crippen molar-refractivity contribution in [3.05, 3.63) is 33.7 Å². The number of amides is 1. The van der Waals surface area contributed by atoms with Crippen molar-refractivity contribution in [1.82, 2.24) is 9.88 Å². The van der Waals surface area contributed by atoms with Gasteiger partial charge in [0.15, 0.2) is 0 Å². The van der Waals surface area contributed by atoms with Gasteiger partial charge in [-0.05, 0) is 31.9 Å². The van der Waals surface area contributed by atoms with E-state index in [9.17, 15) is 9.59 Å². The van der Waals surface area contributed by atoms with E-state index in [0.717, 1.165) is 18.5 Å². The summed E-state index contributed by atoms with van der Waals surface area (Å²) in [7, 11) is 0. The molecule has 0 aliphatic carbocycles. The highest BCUT2D eigenvalue weighted by Gasteiger charge is 2.29. The number of nitrogens with one attached hydrogen (secondary N) is 1. The zero-order chi connectivity index (χ0) is 12.4. The molecule has 1 saturated heterocycles. The summed E-state index contributed by atoms with van der Waals surface area (Å²) < 4.78 is 0. The Morgan fingerprint density at radius 2 is 2.35 bits per heavy atom. The molecule has 1 aromatic rings. The fourth-order valence-electron chi connectivity index (χ4n) is 2.19. The highest BCUT2D eigenvalue weighted by molar-refractivity contribution is 5.94. The number of H-pyrrole nitrogens is 1. The smallest absolute Gasteiger partial charge is 0.260 e. The van der Waals surface area contributed by atoms with E-state index in [-0.39, 0.29) is 29.7 Å². The van der Waals surface area contributed by atoms with Crippen LogP contribution in [-0.4, -0.2) is 40.1 Å². The SMILES string of the molecule is Cc1ccc(C(=O)N2CCC[C@@H]2CO)c(=O)[nH]1. The summed E-state index contributed by atoms with van der Waals surface area (Å²) in [6, 6.07) is 3.10. The first kappa shape index (κ1) is 11.9. The van der Waals surface area contributed by atoms with Gasteiger partial charge in [0.1, 0.15) is 5.56 Å². The summed E-state index contributed by atoms with van der Waals surface area (Å²) in [5, 5.41) is 9.17. The minimum atomic E-state index is -0.362. The second-order valence-electron chi connectivity index (χ2n) is 4.36. The number of aliphatic hydroxyl groups excluding tert-OH is 1. The van der Waals surface area contributed by atoms with Crippen LogP contribution in [0.5, 0.6) is 0 Å². The van der Waals surface area contributed by atoms with E-state index in [2.05, 4.69) is 4.98 Å². The van der Waals surface area contributed by atoms with Gasteiger partial charge in [-0.15, -0.1) is 0 Å². The Morgan fingerprint density at radius 3 is 3.00 bits per heavy atom. The minimum absolute atomic E-state index is 0.0461. The van der Waals surface area contributed by atoms with Crippen molar-refractivity contribution >= 4 is 5.91 Å². The lowest BCUT2D eigenvalue weighted by Gasteiger charge is -2.22. The Bertz CT molecular complexity index is 481. The Hall–Kier alpha value is -1.62. The largest absolute Gasteiger partial charge is 0.394 e. The molecule has 0 unspecified atom stereocenters. The molecule has 0 spiro atoms. The Kier molecular flexibility index (Phi) is 3.28. The first-order valence-electron chi connectivity index (χ1n) is 5.75. The third-order valence-corrected chi connectivity index (χ3v) is 3.13. The molecule has 2 heterocycles. The van der Waals surface area contributed by atoms with Crippen LogP contribution in [0.15, 0.2) is 16.9 Å². The van der Waals surface area contributed by atoms with E-state index in [1.165, 1.54) is 0 Å². The number of aromatic nitrogens is 1. The third-order valence-electron chi connectivity index (χ3n) is 3.13. The van der Waals surface area contributed by atoms with Gasteiger partial charge >= 0.3 is 0 Å². The predicted molar refractivity (Wildman–Crippen MR) is 62.9 cm³/mol. The molecule has 2 N–H and O–H groups in total. The lowest BCUT2D eigenvalue weighted by Crippen LogP contribution is -2.40. The number of aromatic amines is 1. The maximum absolute atomic E-state index is 12.1. The van der Waals surface area contributed by atoms with Crippen LogP contribution in [0, 0.1) is 6.92 Å². The maximum Gasteiger partial charge on any atom is 0.260 e. The second-order valence-corrected chi connectivity index (χ2v) is 4.36. The molecule has 1 aliphatic heterocycles. The van der Waals surface area contributed by atoms with Crippen LogP contribution in [0.1, 0.15) is 28.9 Å².